The van der Waals surface area contributed by atoms with Gasteiger partial charge in [0.25, 0.3) is 10.1 Å². The second kappa shape index (κ2) is 3.90. The summed E-state index contributed by atoms with van der Waals surface area (Å²) < 4.78 is 31.7. The van der Waals surface area contributed by atoms with Crippen molar-refractivity contribution in [1.82, 2.24) is 0 Å². The van der Waals surface area contributed by atoms with E-state index in [1.807, 2.05) is 0 Å². The van der Waals surface area contributed by atoms with Gasteiger partial charge in [-0.25, -0.2) is 0 Å². The third kappa shape index (κ3) is 2.04. The molecule has 0 amide bonds. The summed E-state index contributed by atoms with van der Waals surface area (Å²) in [5.41, 5.74) is 0.492. The monoisotopic (exact) mass is 253 g/mol. The number of phenolic OH excluding ortho intramolecular Hbond substituents is 1. The summed E-state index contributed by atoms with van der Waals surface area (Å²) in [5, 5.41) is 13.1. The van der Waals surface area contributed by atoms with Crippen LogP contribution < -0.4 is 5.32 Å². The third-order valence-electron chi connectivity index (χ3n) is 2.50. The number of rotatable bonds is 2. The molecule has 0 fully saturated rings. The van der Waals surface area contributed by atoms with Gasteiger partial charge in [-0.1, -0.05) is 12.1 Å². The molecule has 3 N–H and O–H groups in total. The maximum Gasteiger partial charge on any atom is 0.295 e. The van der Waals surface area contributed by atoms with Crippen molar-refractivity contribution in [3.05, 3.63) is 30.3 Å². The second-order valence-electron chi connectivity index (χ2n) is 3.57. The van der Waals surface area contributed by atoms with Crippen molar-refractivity contribution in [3.8, 4) is 5.75 Å². The summed E-state index contributed by atoms with van der Waals surface area (Å²) in [7, 11) is -2.71. The Kier molecular flexibility index (Phi) is 2.68. The zero-order valence-electron chi connectivity index (χ0n) is 9.01. The molecule has 0 saturated heterocycles. The first kappa shape index (κ1) is 11.7. The Bertz CT molecular complexity index is 679. The number of nitrogens with one attached hydrogen (secondary N) is 1. The first-order valence-electron chi connectivity index (χ1n) is 4.84. The molecule has 0 unspecified atom stereocenters. The van der Waals surface area contributed by atoms with Crippen LogP contribution in [0.15, 0.2) is 35.2 Å². The molecule has 6 heteroatoms. The van der Waals surface area contributed by atoms with E-state index in [0.29, 0.717) is 11.1 Å². The van der Waals surface area contributed by atoms with Crippen LogP contribution in [0, 0.1) is 0 Å². The summed E-state index contributed by atoms with van der Waals surface area (Å²) >= 11 is 0. The lowest BCUT2D eigenvalue weighted by Gasteiger charge is -2.09. The predicted molar refractivity (Wildman–Crippen MR) is 65.0 cm³/mol. The third-order valence-corrected chi connectivity index (χ3v) is 3.40. The van der Waals surface area contributed by atoms with Gasteiger partial charge in [-0.3, -0.25) is 4.55 Å². The molecule has 0 aromatic heterocycles. The Morgan fingerprint density at radius 2 is 1.88 bits per heavy atom. The van der Waals surface area contributed by atoms with Gasteiger partial charge in [-0.2, -0.15) is 8.42 Å². The van der Waals surface area contributed by atoms with Crippen molar-refractivity contribution in [2.24, 2.45) is 0 Å². The van der Waals surface area contributed by atoms with Crippen LogP contribution in [0.1, 0.15) is 0 Å². The van der Waals surface area contributed by atoms with Gasteiger partial charge in [0.15, 0.2) is 0 Å². The van der Waals surface area contributed by atoms with E-state index in [2.05, 4.69) is 5.32 Å². The summed E-state index contributed by atoms with van der Waals surface area (Å²) in [6.45, 7) is 0. The van der Waals surface area contributed by atoms with Gasteiger partial charge in [-0.15, -0.1) is 0 Å². The Hall–Kier alpha value is -1.79. The molecule has 90 valence electrons. The number of benzene rings is 2. The van der Waals surface area contributed by atoms with E-state index in [9.17, 15) is 13.5 Å². The molecule has 0 bridgehead atoms. The lowest BCUT2D eigenvalue weighted by atomic mass is 10.1. The maximum absolute atomic E-state index is 11.3. The highest BCUT2D eigenvalue weighted by atomic mass is 32.2. The van der Waals surface area contributed by atoms with Crippen LogP contribution in [0.25, 0.3) is 10.8 Å². The van der Waals surface area contributed by atoms with Crippen molar-refractivity contribution < 1.29 is 18.1 Å². The highest BCUT2D eigenvalue weighted by Gasteiger charge is 2.16. The first-order valence-corrected chi connectivity index (χ1v) is 6.28. The molecule has 2 rings (SSSR count). The minimum absolute atomic E-state index is 0.0375. The van der Waals surface area contributed by atoms with Crippen LogP contribution in [0.5, 0.6) is 5.75 Å². The van der Waals surface area contributed by atoms with Crippen molar-refractivity contribution in [2.45, 2.75) is 4.90 Å². The fourth-order valence-corrected chi connectivity index (χ4v) is 2.43. The van der Waals surface area contributed by atoms with Gasteiger partial charge in [0.05, 0.1) is 0 Å². The molecule has 0 radical (unpaired) electrons. The molecule has 0 atom stereocenters. The molecule has 5 nitrogen and oxygen atoms in total. The van der Waals surface area contributed by atoms with Gasteiger partial charge in [-0.05, 0) is 18.2 Å². The Balaban J connectivity index is 2.96. The Morgan fingerprint density at radius 3 is 2.47 bits per heavy atom. The van der Waals surface area contributed by atoms with E-state index < -0.39 is 10.1 Å². The molecule has 2 aromatic rings. The van der Waals surface area contributed by atoms with Crippen LogP contribution in [0.4, 0.5) is 5.69 Å². The van der Waals surface area contributed by atoms with Crippen LogP contribution in [-0.4, -0.2) is 25.1 Å². The van der Waals surface area contributed by atoms with E-state index in [-0.39, 0.29) is 16.0 Å². The van der Waals surface area contributed by atoms with E-state index >= 15 is 0 Å². The molecule has 0 spiro atoms. The molecule has 2 aromatic carbocycles. The molecule has 17 heavy (non-hydrogen) atoms. The minimum Gasteiger partial charge on any atom is -0.507 e. The van der Waals surface area contributed by atoms with E-state index in [1.165, 1.54) is 24.3 Å². The predicted octanol–water partition coefficient (Wildman–Crippen LogP) is 1.83. The normalized spacial score (nSPS) is 11.6. The van der Waals surface area contributed by atoms with Gasteiger partial charge >= 0.3 is 0 Å². The average Bonchev–Trinajstić information content (AvgIpc) is 2.27. The average molecular weight is 253 g/mol. The van der Waals surface area contributed by atoms with Crippen molar-refractivity contribution in [2.75, 3.05) is 12.4 Å². The topological polar surface area (TPSA) is 86.6 Å². The SMILES string of the molecule is CNc1cc(S(=O)(=O)O)c2cccc(O)c2c1. The molecular weight excluding hydrogens is 242 g/mol. The molecule has 0 aliphatic carbocycles. The molecule has 0 heterocycles. The standard InChI is InChI=1S/C11H11NO4S/c1-12-7-5-9-8(3-2-4-10(9)13)11(6-7)17(14,15)16/h2-6,12-13H,1H3,(H,14,15,16). The quantitative estimate of drug-likeness (QED) is 0.711. The summed E-state index contributed by atoms with van der Waals surface area (Å²) in [6.07, 6.45) is 0. The number of hydrogen-bond donors (Lipinski definition) is 3. The minimum atomic E-state index is -4.33. The summed E-state index contributed by atoms with van der Waals surface area (Å²) in [6, 6.07) is 7.43. The number of anilines is 1. The highest BCUT2D eigenvalue weighted by Crippen LogP contribution is 2.32. The van der Waals surface area contributed by atoms with Crippen LogP contribution in [0.2, 0.25) is 0 Å². The first-order chi connectivity index (χ1) is 7.93. The highest BCUT2D eigenvalue weighted by molar-refractivity contribution is 7.86. The Morgan fingerprint density at radius 1 is 1.18 bits per heavy atom. The van der Waals surface area contributed by atoms with E-state index in [1.54, 1.807) is 13.1 Å². The lowest BCUT2D eigenvalue weighted by Crippen LogP contribution is -2.01. The van der Waals surface area contributed by atoms with Crippen molar-refractivity contribution in [1.29, 1.82) is 0 Å². The number of phenols is 1. The number of aromatic hydroxyl groups is 1. The summed E-state index contributed by atoms with van der Waals surface area (Å²) in [5.74, 6) is -0.0375. The van der Waals surface area contributed by atoms with Gasteiger partial charge in [0.2, 0.25) is 0 Å². The molecular formula is C11H11NO4S. The number of hydrogen-bond acceptors (Lipinski definition) is 4. The largest absolute Gasteiger partial charge is 0.507 e. The van der Waals surface area contributed by atoms with Crippen LogP contribution in [0.3, 0.4) is 0 Å². The smallest absolute Gasteiger partial charge is 0.295 e. The zero-order chi connectivity index (χ0) is 12.6. The number of fused-ring (bicyclic) bond motifs is 1. The van der Waals surface area contributed by atoms with E-state index in [0.717, 1.165) is 0 Å². The maximum atomic E-state index is 11.3. The summed E-state index contributed by atoms with van der Waals surface area (Å²) in [4.78, 5) is -0.227. The fraction of sp³-hybridized carbons (Fsp3) is 0.0909. The van der Waals surface area contributed by atoms with Gasteiger partial charge < -0.3 is 10.4 Å². The van der Waals surface area contributed by atoms with Crippen LogP contribution >= 0.6 is 0 Å². The van der Waals surface area contributed by atoms with E-state index in [4.69, 9.17) is 4.55 Å². The second-order valence-corrected chi connectivity index (χ2v) is 4.96. The van der Waals surface area contributed by atoms with Crippen molar-refractivity contribution >= 4 is 26.6 Å². The van der Waals surface area contributed by atoms with Crippen molar-refractivity contribution in [3.63, 3.8) is 0 Å². The Labute approximate surface area is 98.5 Å². The fourth-order valence-electron chi connectivity index (χ4n) is 1.69. The molecule has 0 aliphatic heterocycles. The lowest BCUT2D eigenvalue weighted by molar-refractivity contribution is 0.481. The van der Waals surface area contributed by atoms with Gasteiger partial charge in [0, 0.05) is 23.5 Å². The van der Waals surface area contributed by atoms with Crippen LogP contribution in [-0.2, 0) is 10.1 Å². The molecule has 0 aliphatic rings. The molecule has 0 saturated carbocycles. The zero-order valence-corrected chi connectivity index (χ0v) is 9.82. The van der Waals surface area contributed by atoms with Gasteiger partial charge in [0.1, 0.15) is 10.6 Å².